The Morgan fingerprint density at radius 2 is 2.24 bits per heavy atom. The minimum atomic E-state index is -0.144. The molecule has 1 heterocycles. The van der Waals surface area contributed by atoms with Crippen molar-refractivity contribution in [2.45, 2.75) is 6.04 Å². The van der Waals surface area contributed by atoms with Crippen LogP contribution in [0.2, 0.25) is 5.02 Å². The maximum Gasteiger partial charge on any atom is 0.120 e. The zero-order valence-electron chi connectivity index (χ0n) is 8.90. The zero-order chi connectivity index (χ0) is 12.3. The molecule has 2 nitrogen and oxygen atoms in total. The fourth-order valence-corrected chi connectivity index (χ4v) is 3.22. The van der Waals surface area contributed by atoms with Crippen LogP contribution in [0.25, 0.3) is 0 Å². The molecule has 1 atom stereocenters. The van der Waals surface area contributed by atoms with E-state index in [9.17, 15) is 0 Å². The predicted molar refractivity (Wildman–Crippen MR) is 75.9 cm³/mol. The number of ether oxygens (including phenoxy) is 1. The van der Waals surface area contributed by atoms with Crippen molar-refractivity contribution in [3.05, 3.63) is 50.1 Å². The van der Waals surface area contributed by atoms with Crippen LogP contribution in [0.1, 0.15) is 11.6 Å². The molecule has 1 aromatic heterocycles. The fraction of sp³-hybridized carbons (Fsp3) is 0.167. The van der Waals surface area contributed by atoms with Gasteiger partial charge in [0.25, 0.3) is 0 Å². The summed E-state index contributed by atoms with van der Waals surface area (Å²) in [4.78, 5) is 0. The molecule has 0 aliphatic carbocycles. The third-order valence-electron chi connectivity index (χ3n) is 2.27. The first kappa shape index (κ1) is 12.9. The molecule has 0 fully saturated rings. The van der Waals surface area contributed by atoms with E-state index in [0.29, 0.717) is 11.6 Å². The van der Waals surface area contributed by atoms with E-state index in [-0.39, 0.29) is 6.04 Å². The summed E-state index contributed by atoms with van der Waals surface area (Å²) in [5.41, 5.74) is 7.11. The van der Waals surface area contributed by atoms with Crippen LogP contribution >= 0.6 is 38.9 Å². The van der Waals surface area contributed by atoms with Gasteiger partial charge in [-0.15, -0.1) is 0 Å². The number of hydrogen-bond donors (Lipinski definition) is 1. The Hall–Kier alpha value is -0.550. The van der Waals surface area contributed by atoms with Crippen molar-refractivity contribution in [1.82, 2.24) is 0 Å². The molecule has 0 aliphatic heterocycles. The van der Waals surface area contributed by atoms with Gasteiger partial charge in [0.15, 0.2) is 0 Å². The van der Waals surface area contributed by atoms with Gasteiger partial charge in [0.2, 0.25) is 0 Å². The number of halogens is 2. The van der Waals surface area contributed by atoms with E-state index in [4.69, 9.17) is 22.1 Å². The van der Waals surface area contributed by atoms with Gasteiger partial charge in [0, 0.05) is 14.9 Å². The molecule has 0 radical (unpaired) electrons. The highest BCUT2D eigenvalue weighted by Crippen LogP contribution is 2.27. The zero-order valence-corrected chi connectivity index (χ0v) is 12.1. The van der Waals surface area contributed by atoms with Gasteiger partial charge in [-0.25, -0.2) is 0 Å². The van der Waals surface area contributed by atoms with E-state index >= 15 is 0 Å². The Morgan fingerprint density at radius 3 is 2.88 bits per heavy atom. The van der Waals surface area contributed by atoms with Crippen LogP contribution in [0.4, 0.5) is 0 Å². The van der Waals surface area contributed by atoms with E-state index in [0.717, 1.165) is 15.8 Å². The highest BCUT2D eigenvalue weighted by Gasteiger charge is 2.11. The molecule has 0 aliphatic rings. The Bertz CT molecular complexity index is 503. The number of nitrogens with two attached hydrogens (primary N) is 1. The van der Waals surface area contributed by atoms with Crippen molar-refractivity contribution in [1.29, 1.82) is 0 Å². The quantitative estimate of drug-likeness (QED) is 0.908. The average molecular weight is 333 g/mol. The second kappa shape index (κ2) is 5.87. The van der Waals surface area contributed by atoms with Gasteiger partial charge < -0.3 is 10.5 Å². The molecule has 0 bridgehead atoms. The van der Waals surface area contributed by atoms with Gasteiger partial charge in [-0.05, 0) is 45.1 Å². The molecule has 0 spiro atoms. The normalized spacial score (nSPS) is 12.4. The lowest BCUT2D eigenvalue weighted by Gasteiger charge is -2.13. The first-order valence-corrected chi connectivity index (χ1v) is 7.13. The summed E-state index contributed by atoms with van der Waals surface area (Å²) in [5, 5.41) is 4.69. The minimum Gasteiger partial charge on any atom is -0.492 e. The highest BCUT2D eigenvalue weighted by molar-refractivity contribution is 9.10. The molecule has 17 heavy (non-hydrogen) atoms. The van der Waals surface area contributed by atoms with E-state index in [1.54, 1.807) is 17.4 Å². The van der Waals surface area contributed by atoms with Crippen molar-refractivity contribution in [3.8, 4) is 5.75 Å². The highest BCUT2D eigenvalue weighted by atomic mass is 79.9. The van der Waals surface area contributed by atoms with Gasteiger partial charge in [-0.3, -0.25) is 0 Å². The Morgan fingerprint density at radius 1 is 1.41 bits per heavy atom. The summed E-state index contributed by atoms with van der Waals surface area (Å²) in [6.07, 6.45) is 0. The second-order valence-corrected chi connectivity index (χ2v) is 5.58. The number of hydrogen-bond acceptors (Lipinski definition) is 3. The number of thiophene rings is 1. The number of benzene rings is 1. The molecular weight excluding hydrogens is 322 g/mol. The third-order valence-corrected chi connectivity index (χ3v) is 4.25. The molecule has 90 valence electrons. The molecule has 5 heteroatoms. The van der Waals surface area contributed by atoms with Crippen LogP contribution in [0.15, 0.2) is 39.5 Å². The molecule has 1 aromatic carbocycles. The Kier molecular flexibility index (Phi) is 4.45. The maximum atomic E-state index is 6.04. The van der Waals surface area contributed by atoms with Gasteiger partial charge in [-0.1, -0.05) is 17.7 Å². The summed E-state index contributed by atoms with van der Waals surface area (Å²) in [6.45, 7) is 0.426. The van der Waals surface area contributed by atoms with Crippen LogP contribution in [-0.4, -0.2) is 6.61 Å². The minimum absolute atomic E-state index is 0.144. The largest absolute Gasteiger partial charge is 0.492 e. The van der Waals surface area contributed by atoms with Crippen molar-refractivity contribution >= 4 is 38.9 Å². The standard InChI is InChI=1S/C12H11BrClNOS/c13-11-7-17-6-10(11)12(15)5-16-9-3-1-2-8(14)4-9/h1-4,6-7,12H,5,15H2. The van der Waals surface area contributed by atoms with Gasteiger partial charge in [-0.2, -0.15) is 11.3 Å². The summed E-state index contributed by atoms with van der Waals surface area (Å²) in [7, 11) is 0. The predicted octanol–water partition coefficient (Wildman–Crippen LogP) is 4.24. The Labute approximate surface area is 117 Å². The first-order valence-electron chi connectivity index (χ1n) is 5.02. The van der Waals surface area contributed by atoms with E-state index in [2.05, 4.69) is 15.9 Å². The van der Waals surface area contributed by atoms with E-state index < -0.39 is 0 Å². The average Bonchev–Trinajstić information content (AvgIpc) is 2.72. The van der Waals surface area contributed by atoms with Crippen LogP contribution < -0.4 is 10.5 Å². The summed E-state index contributed by atoms with van der Waals surface area (Å²) < 4.78 is 6.63. The molecule has 0 saturated heterocycles. The molecule has 0 amide bonds. The maximum absolute atomic E-state index is 6.04. The lowest BCUT2D eigenvalue weighted by molar-refractivity contribution is 0.290. The van der Waals surface area contributed by atoms with Crippen molar-refractivity contribution < 1.29 is 4.74 Å². The second-order valence-electron chi connectivity index (χ2n) is 3.55. The SMILES string of the molecule is NC(COc1cccc(Cl)c1)c1cscc1Br. The van der Waals surface area contributed by atoms with Crippen LogP contribution in [0, 0.1) is 0 Å². The molecule has 0 saturated carbocycles. The van der Waals surface area contributed by atoms with Crippen LogP contribution in [-0.2, 0) is 0 Å². The summed E-state index contributed by atoms with van der Waals surface area (Å²) in [5.74, 6) is 0.735. The molecule has 2 N–H and O–H groups in total. The van der Waals surface area contributed by atoms with Gasteiger partial charge >= 0.3 is 0 Å². The third kappa shape index (κ3) is 3.45. The van der Waals surface area contributed by atoms with Crippen molar-refractivity contribution in [2.75, 3.05) is 6.61 Å². The van der Waals surface area contributed by atoms with E-state index in [1.807, 2.05) is 29.0 Å². The lowest BCUT2D eigenvalue weighted by Crippen LogP contribution is -2.18. The summed E-state index contributed by atoms with van der Waals surface area (Å²) in [6, 6.07) is 7.15. The molecule has 2 rings (SSSR count). The topological polar surface area (TPSA) is 35.2 Å². The van der Waals surface area contributed by atoms with Crippen LogP contribution in [0.5, 0.6) is 5.75 Å². The summed E-state index contributed by atoms with van der Waals surface area (Å²) >= 11 is 10.9. The number of rotatable bonds is 4. The van der Waals surface area contributed by atoms with Gasteiger partial charge in [0.1, 0.15) is 12.4 Å². The van der Waals surface area contributed by atoms with Crippen LogP contribution in [0.3, 0.4) is 0 Å². The lowest BCUT2D eigenvalue weighted by atomic mass is 10.2. The smallest absolute Gasteiger partial charge is 0.120 e. The first-order chi connectivity index (χ1) is 8.16. The fourth-order valence-electron chi connectivity index (χ4n) is 1.39. The van der Waals surface area contributed by atoms with Crippen molar-refractivity contribution in [3.63, 3.8) is 0 Å². The van der Waals surface area contributed by atoms with Crippen molar-refractivity contribution in [2.24, 2.45) is 5.73 Å². The monoisotopic (exact) mass is 331 g/mol. The van der Waals surface area contributed by atoms with Gasteiger partial charge in [0.05, 0.1) is 6.04 Å². The Balaban J connectivity index is 1.97. The molecule has 1 unspecified atom stereocenters. The molecule has 2 aromatic rings. The van der Waals surface area contributed by atoms with E-state index in [1.165, 1.54) is 0 Å². The molecular formula is C12H11BrClNOS.